The lowest BCUT2D eigenvalue weighted by molar-refractivity contribution is 0.0729. The number of benzene rings is 1. The molecule has 0 atom stereocenters. The van der Waals surface area contributed by atoms with Gasteiger partial charge in [0.15, 0.2) is 17.3 Å². The molecule has 9 heteroatoms. The quantitative estimate of drug-likeness (QED) is 0.681. The van der Waals surface area contributed by atoms with E-state index in [9.17, 15) is 4.79 Å². The lowest BCUT2D eigenvalue weighted by Crippen LogP contribution is -2.35. The molecule has 3 heterocycles. The molecule has 0 bridgehead atoms. The molecule has 0 aliphatic carbocycles. The summed E-state index contributed by atoms with van der Waals surface area (Å²) >= 11 is 0. The summed E-state index contributed by atoms with van der Waals surface area (Å²) in [7, 11) is 3.16. The van der Waals surface area contributed by atoms with E-state index in [1.165, 1.54) is 6.26 Å². The van der Waals surface area contributed by atoms with Gasteiger partial charge in [0.1, 0.15) is 11.6 Å². The first-order valence-corrected chi connectivity index (χ1v) is 9.82. The van der Waals surface area contributed by atoms with Gasteiger partial charge in [-0.05, 0) is 24.6 Å². The zero-order valence-corrected chi connectivity index (χ0v) is 17.1. The van der Waals surface area contributed by atoms with E-state index in [0.29, 0.717) is 54.1 Å². The van der Waals surface area contributed by atoms with Gasteiger partial charge in [-0.25, -0.2) is 9.97 Å². The summed E-state index contributed by atoms with van der Waals surface area (Å²) in [5.74, 6) is 2.52. The lowest BCUT2D eigenvalue weighted by Gasteiger charge is -2.21. The van der Waals surface area contributed by atoms with Crippen LogP contribution >= 0.6 is 0 Å². The van der Waals surface area contributed by atoms with Crippen LogP contribution in [0.5, 0.6) is 11.5 Å². The Morgan fingerprint density at radius 2 is 1.93 bits per heavy atom. The minimum absolute atomic E-state index is 0.0749. The van der Waals surface area contributed by atoms with Crippen molar-refractivity contribution >= 4 is 22.6 Å². The van der Waals surface area contributed by atoms with Crippen LogP contribution < -0.4 is 15.2 Å². The molecule has 0 radical (unpaired) electrons. The number of nitrogen functional groups attached to an aromatic ring is 1. The number of aromatic nitrogens is 2. The van der Waals surface area contributed by atoms with Crippen LogP contribution in [0.2, 0.25) is 0 Å². The fourth-order valence-corrected chi connectivity index (χ4v) is 3.69. The third-order valence-electron chi connectivity index (χ3n) is 5.25. The Morgan fingerprint density at radius 1 is 1.13 bits per heavy atom. The summed E-state index contributed by atoms with van der Waals surface area (Å²) in [6.07, 6.45) is 2.38. The van der Waals surface area contributed by atoms with Crippen LogP contribution in [0.15, 0.2) is 34.9 Å². The monoisotopic (exact) mass is 411 g/mol. The molecule has 0 unspecified atom stereocenters. The Balaban J connectivity index is 1.49. The van der Waals surface area contributed by atoms with Gasteiger partial charge in [-0.15, -0.1) is 0 Å². The van der Waals surface area contributed by atoms with E-state index in [2.05, 4.69) is 14.9 Å². The number of nitrogens with zero attached hydrogens (tertiary/aromatic N) is 4. The van der Waals surface area contributed by atoms with Crippen molar-refractivity contribution in [3.05, 3.63) is 42.1 Å². The second-order valence-electron chi connectivity index (χ2n) is 7.15. The Kier molecular flexibility index (Phi) is 5.71. The van der Waals surface area contributed by atoms with Crippen molar-refractivity contribution in [1.29, 1.82) is 0 Å². The molecule has 3 aromatic rings. The van der Waals surface area contributed by atoms with Gasteiger partial charge in [-0.2, -0.15) is 0 Å². The van der Waals surface area contributed by atoms with E-state index in [0.717, 1.165) is 24.9 Å². The molecule has 1 aliphatic heterocycles. The van der Waals surface area contributed by atoms with E-state index in [1.54, 1.807) is 32.4 Å². The molecule has 30 heavy (non-hydrogen) atoms. The summed E-state index contributed by atoms with van der Waals surface area (Å²) in [5, 5.41) is 0.725. The number of carbonyl (C=O) groups excluding carboxylic acids is 1. The van der Waals surface area contributed by atoms with Crippen molar-refractivity contribution < 1.29 is 18.7 Å². The Morgan fingerprint density at radius 3 is 2.67 bits per heavy atom. The van der Waals surface area contributed by atoms with Gasteiger partial charge in [-0.3, -0.25) is 9.69 Å². The first kappa shape index (κ1) is 20.0. The van der Waals surface area contributed by atoms with Gasteiger partial charge in [-0.1, -0.05) is 0 Å². The van der Waals surface area contributed by atoms with Gasteiger partial charge in [0.05, 0.1) is 32.5 Å². The summed E-state index contributed by atoms with van der Waals surface area (Å²) in [6, 6.07) is 7.02. The lowest BCUT2D eigenvalue weighted by atomic mass is 10.2. The van der Waals surface area contributed by atoms with Crippen molar-refractivity contribution in [2.24, 2.45) is 0 Å². The number of anilines is 1. The first-order chi connectivity index (χ1) is 14.6. The zero-order valence-electron chi connectivity index (χ0n) is 17.1. The van der Waals surface area contributed by atoms with Gasteiger partial charge in [0.25, 0.3) is 5.91 Å². The van der Waals surface area contributed by atoms with Crippen LogP contribution in [0.1, 0.15) is 22.8 Å². The fourth-order valence-electron chi connectivity index (χ4n) is 3.69. The van der Waals surface area contributed by atoms with Crippen molar-refractivity contribution in [1.82, 2.24) is 19.8 Å². The highest BCUT2D eigenvalue weighted by Crippen LogP contribution is 2.33. The molecule has 0 spiro atoms. The van der Waals surface area contributed by atoms with Crippen molar-refractivity contribution in [3.8, 4) is 11.5 Å². The average molecular weight is 411 g/mol. The number of amides is 1. The number of fused-ring (bicyclic) bond motifs is 1. The van der Waals surface area contributed by atoms with Crippen molar-refractivity contribution in [2.75, 3.05) is 46.1 Å². The number of methoxy groups -OCH3 is 2. The Labute approximate surface area is 174 Å². The van der Waals surface area contributed by atoms with Gasteiger partial charge < -0.3 is 24.5 Å². The van der Waals surface area contributed by atoms with Crippen LogP contribution in [-0.4, -0.2) is 66.1 Å². The fraction of sp³-hybridized carbons (Fsp3) is 0.381. The largest absolute Gasteiger partial charge is 0.493 e. The number of hydrogen-bond acceptors (Lipinski definition) is 8. The second kappa shape index (κ2) is 8.58. The summed E-state index contributed by atoms with van der Waals surface area (Å²) < 4.78 is 16.0. The maximum Gasteiger partial charge on any atom is 0.289 e. The molecule has 1 aromatic carbocycles. The normalized spacial score (nSPS) is 15.2. The molecule has 2 aromatic heterocycles. The van der Waals surface area contributed by atoms with Crippen LogP contribution in [0, 0.1) is 0 Å². The molecule has 1 amide bonds. The summed E-state index contributed by atoms with van der Waals surface area (Å²) in [5.41, 5.74) is 6.90. The van der Waals surface area contributed by atoms with Crippen LogP contribution in [-0.2, 0) is 6.54 Å². The van der Waals surface area contributed by atoms with E-state index < -0.39 is 0 Å². The minimum atomic E-state index is -0.0749. The average Bonchev–Trinajstić information content (AvgIpc) is 3.19. The van der Waals surface area contributed by atoms with E-state index in [4.69, 9.17) is 19.6 Å². The Bertz CT molecular complexity index is 1040. The van der Waals surface area contributed by atoms with Crippen LogP contribution in [0.3, 0.4) is 0 Å². The van der Waals surface area contributed by atoms with E-state index >= 15 is 0 Å². The number of rotatable bonds is 5. The van der Waals surface area contributed by atoms with Gasteiger partial charge in [0, 0.05) is 37.6 Å². The number of ether oxygens (including phenoxy) is 2. The molecule has 1 aliphatic rings. The number of carbonyl (C=O) groups is 1. The van der Waals surface area contributed by atoms with E-state index in [-0.39, 0.29) is 5.91 Å². The molecule has 0 saturated carbocycles. The molecule has 1 saturated heterocycles. The summed E-state index contributed by atoms with van der Waals surface area (Å²) in [6.45, 7) is 3.42. The molecular formula is C21H25N5O4. The molecule has 1 fully saturated rings. The smallest absolute Gasteiger partial charge is 0.289 e. The molecule has 2 N–H and O–H groups in total. The first-order valence-electron chi connectivity index (χ1n) is 9.82. The van der Waals surface area contributed by atoms with Crippen LogP contribution in [0.25, 0.3) is 10.9 Å². The van der Waals surface area contributed by atoms with E-state index in [1.807, 2.05) is 11.0 Å². The second-order valence-corrected chi connectivity index (χ2v) is 7.15. The number of nitrogens with two attached hydrogens (primary N) is 1. The highest BCUT2D eigenvalue weighted by atomic mass is 16.5. The number of hydrogen-bond donors (Lipinski definition) is 1. The van der Waals surface area contributed by atoms with Crippen molar-refractivity contribution in [2.45, 2.75) is 13.0 Å². The third kappa shape index (κ3) is 4.02. The van der Waals surface area contributed by atoms with Gasteiger partial charge >= 0.3 is 0 Å². The molecule has 158 valence electrons. The maximum atomic E-state index is 12.5. The predicted molar refractivity (Wildman–Crippen MR) is 112 cm³/mol. The number of furan rings is 1. The Hall–Kier alpha value is -3.33. The maximum absolute atomic E-state index is 12.5. The SMILES string of the molecule is COc1cc2nc(CN3CCCN(C(=O)c4ccco4)CC3)nc(N)c2cc1OC. The predicted octanol–water partition coefficient (Wildman–Crippen LogP) is 2.17. The third-order valence-corrected chi connectivity index (χ3v) is 5.25. The highest BCUT2D eigenvalue weighted by molar-refractivity contribution is 5.91. The standard InChI is InChI=1S/C21H25N5O4/c1-28-17-11-14-15(12-18(17)29-2)23-19(24-20(14)22)13-25-6-4-7-26(9-8-25)21(27)16-5-3-10-30-16/h3,5,10-12H,4,6-9,13H2,1-2H3,(H2,22,23,24). The molecule has 9 nitrogen and oxygen atoms in total. The topological polar surface area (TPSA) is 107 Å². The van der Waals surface area contributed by atoms with Gasteiger partial charge in [0.2, 0.25) is 0 Å². The summed E-state index contributed by atoms with van der Waals surface area (Å²) in [4.78, 5) is 25.8. The minimum Gasteiger partial charge on any atom is -0.493 e. The molecular weight excluding hydrogens is 386 g/mol. The van der Waals surface area contributed by atoms with Crippen molar-refractivity contribution in [3.63, 3.8) is 0 Å². The van der Waals surface area contributed by atoms with Crippen LogP contribution in [0.4, 0.5) is 5.82 Å². The zero-order chi connectivity index (χ0) is 21.1. The molecule has 4 rings (SSSR count). The highest BCUT2D eigenvalue weighted by Gasteiger charge is 2.22.